The summed E-state index contributed by atoms with van der Waals surface area (Å²) in [4.78, 5) is 8.10. The number of morpholine rings is 1. The Morgan fingerprint density at radius 3 is 2.94 bits per heavy atom. The lowest BCUT2D eigenvalue weighted by Gasteiger charge is -2.32. The van der Waals surface area contributed by atoms with Gasteiger partial charge in [0.25, 0.3) is 0 Å². The van der Waals surface area contributed by atoms with E-state index in [-0.39, 0.29) is 30.9 Å². The smallest absolute Gasteiger partial charge is 0.0824 e. The molecule has 2 heterocycles. The van der Waals surface area contributed by atoms with E-state index < -0.39 is 0 Å². The first-order valence-corrected chi connectivity index (χ1v) is 6.60. The molecule has 1 aliphatic heterocycles. The van der Waals surface area contributed by atoms with Crippen molar-refractivity contribution in [2.75, 3.05) is 32.8 Å². The predicted molar refractivity (Wildman–Crippen MR) is 80.3 cm³/mol. The Morgan fingerprint density at radius 2 is 2.33 bits per heavy atom. The number of hydrogen-bond acceptors (Lipinski definition) is 5. The fourth-order valence-electron chi connectivity index (χ4n) is 1.95. The van der Waals surface area contributed by atoms with Gasteiger partial charge in [-0.05, 0) is 13.3 Å². The summed E-state index contributed by atoms with van der Waals surface area (Å²) >= 11 is 1.75. The van der Waals surface area contributed by atoms with Gasteiger partial charge >= 0.3 is 0 Å². The Balaban J connectivity index is 0.00000144. The fraction of sp³-hybridized carbons (Fsp3) is 0.727. The van der Waals surface area contributed by atoms with Crippen LogP contribution >= 0.6 is 36.2 Å². The molecule has 0 bridgehead atoms. The van der Waals surface area contributed by atoms with Crippen molar-refractivity contribution in [1.82, 2.24) is 9.88 Å². The van der Waals surface area contributed by atoms with Crippen LogP contribution in [0.4, 0.5) is 0 Å². The largest absolute Gasteiger partial charge is 0.374 e. The highest BCUT2D eigenvalue weighted by Crippen LogP contribution is 2.14. The molecule has 0 aromatic carbocycles. The first-order chi connectivity index (χ1) is 7.79. The first kappa shape index (κ1) is 18.1. The third-order valence-electron chi connectivity index (χ3n) is 2.99. The lowest BCUT2D eigenvalue weighted by molar-refractivity contribution is -0.0226. The molecule has 18 heavy (non-hydrogen) atoms. The summed E-state index contributed by atoms with van der Waals surface area (Å²) in [6, 6.07) is 0. The Hall–Kier alpha value is 0.0900. The van der Waals surface area contributed by atoms with Crippen LogP contribution < -0.4 is 5.73 Å². The van der Waals surface area contributed by atoms with Crippen molar-refractivity contribution in [3.8, 4) is 0 Å². The molecule has 0 amide bonds. The van der Waals surface area contributed by atoms with Crippen molar-refractivity contribution in [2.24, 2.45) is 5.73 Å². The van der Waals surface area contributed by atoms with Gasteiger partial charge < -0.3 is 10.5 Å². The highest BCUT2D eigenvalue weighted by Gasteiger charge is 2.18. The van der Waals surface area contributed by atoms with Crippen molar-refractivity contribution in [3.63, 3.8) is 0 Å². The molecule has 106 valence electrons. The summed E-state index contributed by atoms with van der Waals surface area (Å²) in [5.41, 5.74) is 8.72. The second-order valence-corrected chi connectivity index (χ2v) is 5.08. The van der Waals surface area contributed by atoms with Crippen LogP contribution in [-0.4, -0.2) is 48.8 Å². The average Bonchev–Trinajstić information content (AvgIpc) is 2.72. The number of nitrogens with two attached hydrogens (primary N) is 1. The van der Waals surface area contributed by atoms with Crippen molar-refractivity contribution < 1.29 is 4.74 Å². The molecule has 1 unspecified atom stereocenters. The molecule has 1 atom stereocenters. The molecular weight excluding hydrogens is 293 g/mol. The summed E-state index contributed by atoms with van der Waals surface area (Å²) in [5, 5.41) is 0. The van der Waals surface area contributed by atoms with E-state index in [0.29, 0.717) is 6.54 Å². The van der Waals surface area contributed by atoms with Gasteiger partial charge in [-0.2, -0.15) is 0 Å². The Labute approximate surface area is 125 Å². The van der Waals surface area contributed by atoms with Crippen LogP contribution in [0.15, 0.2) is 5.51 Å². The predicted octanol–water partition coefficient (Wildman–Crippen LogP) is 1.50. The van der Waals surface area contributed by atoms with E-state index in [0.717, 1.165) is 32.7 Å². The topological polar surface area (TPSA) is 51.4 Å². The minimum absolute atomic E-state index is 0. The summed E-state index contributed by atoms with van der Waals surface area (Å²) in [6.45, 7) is 6.58. The maximum Gasteiger partial charge on any atom is 0.0824 e. The zero-order chi connectivity index (χ0) is 11.4. The van der Waals surface area contributed by atoms with Crippen LogP contribution in [0.25, 0.3) is 0 Å². The van der Waals surface area contributed by atoms with Gasteiger partial charge in [0.1, 0.15) is 0 Å². The van der Waals surface area contributed by atoms with Crippen molar-refractivity contribution in [1.29, 1.82) is 0 Å². The lowest BCUT2D eigenvalue weighted by atomic mass is 10.2. The van der Waals surface area contributed by atoms with Gasteiger partial charge in [-0.15, -0.1) is 36.2 Å². The molecule has 1 saturated heterocycles. The van der Waals surface area contributed by atoms with Gasteiger partial charge in [0, 0.05) is 31.1 Å². The maximum absolute atomic E-state index is 5.62. The normalized spacial score (nSPS) is 20.0. The van der Waals surface area contributed by atoms with Crippen LogP contribution in [0.3, 0.4) is 0 Å². The van der Waals surface area contributed by atoms with Gasteiger partial charge in [-0.3, -0.25) is 4.90 Å². The molecule has 1 aliphatic rings. The van der Waals surface area contributed by atoms with Crippen LogP contribution in [0.2, 0.25) is 0 Å². The van der Waals surface area contributed by atoms with E-state index in [1.165, 1.54) is 10.6 Å². The number of nitrogens with zero attached hydrogens (tertiary/aromatic N) is 2. The second kappa shape index (κ2) is 9.07. The van der Waals surface area contributed by atoms with E-state index >= 15 is 0 Å². The highest BCUT2D eigenvalue weighted by atomic mass is 35.5. The molecule has 1 aromatic heterocycles. The van der Waals surface area contributed by atoms with E-state index in [1.807, 2.05) is 5.51 Å². The third kappa shape index (κ3) is 4.99. The molecule has 1 fully saturated rings. The summed E-state index contributed by atoms with van der Waals surface area (Å²) in [7, 11) is 0. The maximum atomic E-state index is 5.62. The third-order valence-corrected chi connectivity index (χ3v) is 3.98. The number of aryl methyl sites for hydroxylation is 1. The molecule has 2 rings (SSSR count). The standard InChI is InChI=1S/C11H19N3OS.2ClH/c1-9-11(16-8-13-9)2-3-14-4-5-15-10(6-12)7-14;;/h8,10H,2-7,12H2,1H3;2*1H. The summed E-state index contributed by atoms with van der Waals surface area (Å²) < 4.78 is 5.54. The van der Waals surface area contributed by atoms with Crippen LogP contribution in [0.5, 0.6) is 0 Å². The van der Waals surface area contributed by atoms with Crippen molar-refractivity contribution in [2.45, 2.75) is 19.4 Å². The molecule has 0 radical (unpaired) electrons. The van der Waals surface area contributed by atoms with Crippen LogP contribution in [0.1, 0.15) is 10.6 Å². The quantitative estimate of drug-likeness (QED) is 0.915. The minimum atomic E-state index is 0. The summed E-state index contributed by atoms with van der Waals surface area (Å²) in [5.74, 6) is 0. The van der Waals surface area contributed by atoms with Gasteiger partial charge in [-0.25, -0.2) is 4.98 Å². The second-order valence-electron chi connectivity index (χ2n) is 4.14. The monoisotopic (exact) mass is 313 g/mol. The Kier molecular flexibility index (Phi) is 9.11. The molecule has 2 N–H and O–H groups in total. The molecular formula is C11H21Cl2N3OS. The lowest BCUT2D eigenvalue weighted by Crippen LogP contribution is -2.46. The molecule has 0 saturated carbocycles. The Bertz CT molecular complexity index is 338. The van der Waals surface area contributed by atoms with E-state index in [9.17, 15) is 0 Å². The van der Waals surface area contributed by atoms with E-state index in [2.05, 4.69) is 16.8 Å². The zero-order valence-electron chi connectivity index (χ0n) is 10.5. The first-order valence-electron chi connectivity index (χ1n) is 5.72. The van der Waals surface area contributed by atoms with E-state index in [4.69, 9.17) is 10.5 Å². The van der Waals surface area contributed by atoms with Crippen LogP contribution in [-0.2, 0) is 11.2 Å². The number of rotatable bonds is 4. The van der Waals surface area contributed by atoms with Gasteiger partial charge in [0.15, 0.2) is 0 Å². The number of thiazole rings is 1. The number of aromatic nitrogens is 1. The van der Waals surface area contributed by atoms with Gasteiger partial charge in [0.2, 0.25) is 0 Å². The van der Waals surface area contributed by atoms with Crippen LogP contribution in [0, 0.1) is 6.92 Å². The van der Waals surface area contributed by atoms with Crippen molar-refractivity contribution >= 4 is 36.2 Å². The number of ether oxygens (including phenoxy) is 1. The van der Waals surface area contributed by atoms with Gasteiger partial charge in [-0.1, -0.05) is 0 Å². The molecule has 4 nitrogen and oxygen atoms in total. The molecule has 1 aromatic rings. The zero-order valence-corrected chi connectivity index (χ0v) is 13.0. The SMILES string of the molecule is Cc1ncsc1CCN1CCOC(CN)C1.Cl.Cl. The summed E-state index contributed by atoms with van der Waals surface area (Å²) in [6.07, 6.45) is 1.31. The van der Waals surface area contributed by atoms with E-state index in [1.54, 1.807) is 11.3 Å². The number of halogens is 2. The highest BCUT2D eigenvalue weighted by molar-refractivity contribution is 7.09. The van der Waals surface area contributed by atoms with Gasteiger partial charge in [0.05, 0.1) is 23.9 Å². The average molecular weight is 314 g/mol. The minimum Gasteiger partial charge on any atom is -0.374 e. The van der Waals surface area contributed by atoms with Crippen molar-refractivity contribution in [3.05, 3.63) is 16.1 Å². The Morgan fingerprint density at radius 1 is 1.56 bits per heavy atom. The number of hydrogen-bond donors (Lipinski definition) is 1. The fourth-order valence-corrected chi connectivity index (χ4v) is 2.72. The molecule has 7 heteroatoms. The molecule has 0 spiro atoms. The molecule has 0 aliphatic carbocycles.